The lowest BCUT2D eigenvalue weighted by molar-refractivity contribution is 0.169. The van der Waals surface area contributed by atoms with Gasteiger partial charge in [0.15, 0.2) is 0 Å². The van der Waals surface area contributed by atoms with Crippen molar-refractivity contribution in [2.45, 2.75) is 19.4 Å². The van der Waals surface area contributed by atoms with Gasteiger partial charge in [-0.25, -0.2) is 0 Å². The van der Waals surface area contributed by atoms with Gasteiger partial charge >= 0.3 is 0 Å². The number of rotatable bonds is 3. The van der Waals surface area contributed by atoms with Crippen molar-refractivity contribution in [3.63, 3.8) is 0 Å². The minimum atomic E-state index is 0. The van der Waals surface area contributed by atoms with Crippen LogP contribution in [-0.2, 0) is 0 Å². The molecule has 0 aliphatic carbocycles. The average Bonchev–Trinajstić information content (AvgIpc) is 2.36. The van der Waals surface area contributed by atoms with Gasteiger partial charge in [-0.15, -0.1) is 24.8 Å². The van der Waals surface area contributed by atoms with Crippen LogP contribution in [0.25, 0.3) is 0 Å². The van der Waals surface area contributed by atoms with Crippen molar-refractivity contribution < 1.29 is 0 Å². The molecule has 0 spiro atoms. The SMILES string of the molecule is CC[C@@H](c1ccc(Cl)c(Br)c1)N1CCNCC1.Cl.Cl. The molecule has 2 nitrogen and oxygen atoms in total. The molecule has 0 bridgehead atoms. The van der Waals surface area contributed by atoms with Crippen LogP contribution < -0.4 is 5.32 Å². The predicted molar refractivity (Wildman–Crippen MR) is 91.1 cm³/mol. The quantitative estimate of drug-likeness (QED) is 0.828. The molecule has 1 N–H and O–H groups in total. The molecular weight excluding hydrogens is 370 g/mol. The first-order chi connectivity index (χ1) is 8.22. The Kier molecular flexibility index (Phi) is 9.67. The maximum atomic E-state index is 6.04. The molecule has 0 saturated carbocycles. The number of halogens is 4. The van der Waals surface area contributed by atoms with Crippen molar-refractivity contribution in [3.05, 3.63) is 33.3 Å². The molecule has 6 heteroatoms. The third-order valence-corrected chi connectivity index (χ3v) is 4.52. The highest BCUT2D eigenvalue weighted by molar-refractivity contribution is 9.10. The van der Waals surface area contributed by atoms with Crippen LogP contribution in [0.4, 0.5) is 0 Å². The molecule has 1 saturated heterocycles. The van der Waals surface area contributed by atoms with Gasteiger partial charge in [-0.2, -0.15) is 0 Å². The number of nitrogens with zero attached hydrogens (tertiary/aromatic N) is 1. The number of hydrogen-bond donors (Lipinski definition) is 1. The largest absolute Gasteiger partial charge is 0.314 e. The van der Waals surface area contributed by atoms with E-state index in [-0.39, 0.29) is 24.8 Å². The number of nitrogens with one attached hydrogen (secondary N) is 1. The van der Waals surface area contributed by atoms with Gasteiger partial charge in [0.1, 0.15) is 0 Å². The van der Waals surface area contributed by atoms with E-state index in [4.69, 9.17) is 11.6 Å². The third kappa shape index (κ3) is 5.07. The van der Waals surface area contributed by atoms with Gasteiger partial charge in [0.25, 0.3) is 0 Å². The van der Waals surface area contributed by atoms with Crippen molar-refractivity contribution in [3.8, 4) is 0 Å². The Morgan fingerprint density at radius 3 is 2.47 bits per heavy atom. The molecule has 0 amide bonds. The maximum Gasteiger partial charge on any atom is 0.0548 e. The Labute approximate surface area is 141 Å². The fourth-order valence-corrected chi connectivity index (χ4v) is 2.93. The van der Waals surface area contributed by atoms with Crippen LogP contribution in [0.5, 0.6) is 0 Å². The molecule has 1 heterocycles. The van der Waals surface area contributed by atoms with Crippen molar-refractivity contribution in [2.75, 3.05) is 26.2 Å². The van der Waals surface area contributed by atoms with E-state index in [1.54, 1.807) is 0 Å². The molecule has 1 fully saturated rings. The van der Waals surface area contributed by atoms with Crippen molar-refractivity contribution in [2.24, 2.45) is 0 Å². The van der Waals surface area contributed by atoms with Crippen molar-refractivity contribution in [1.82, 2.24) is 10.2 Å². The topological polar surface area (TPSA) is 15.3 Å². The monoisotopic (exact) mass is 388 g/mol. The highest BCUT2D eigenvalue weighted by Gasteiger charge is 2.20. The smallest absolute Gasteiger partial charge is 0.0548 e. The average molecular weight is 391 g/mol. The van der Waals surface area contributed by atoms with Crippen LogP contribution in [0.15, 0.2) is 22.7 Å². The zero-order chi connectivity index (χ0) is 12.3. The van der Waals surface area contributed by atoms with Gasteiger partial charge in [0.05, 0.1) is 5.02 Å². The molecule has 2 rings (SSSR count). The summed E-state index contributed by atoms with van der Waals surface area (Å²) in [5, 5.41) is 4.18. The summed E-state index contributed by atoms with van der Waals surface area (Å²) in [4.78, 5) is 2.55. The zero-order valence-corrected chi connectivity index (χ0v) is 14.8. The van der Waals surface area contributed by atoms with Gasteiger partial charge in [-0.3, -0.25) is 4.90 Å². The summed E-state index contributed by atoms with van der Waals surface area (Å²) in [6, 6.07) is 6.78. The van der Waals surface area contributed by atoms with E-state index in [1.807, 2.05) is 6.07 Å². The second-order valence-electron chi connectivity index (χ2n) is 4.38. The Hall–Kier alpha value is 0.490. The van der Waals surface area contributed by atoms with Crippen LogP contribution in [0, 0.1) is 0 Å². The lowest BCUT2D eigenvalue weighted by atomic mass is 10.0. The van der Waals surface area contributed by atoms with Crippen LogP contribution in [0.1, 0.15) is 24.9 Å². The van der Waals surface area contributed by atoms with E-state index >= 15 is 0 Å². The molecule has 1 aromatic rings. The molecule has 0 radical (unpaired) electrons. The summed E-state index contributed by atoms with van der Waals surface area (Å²) >= 11 is 9.55. The Bertz CT molecular complexity index is 384. The third-order valence-electron chi connectivity index (χ3n) is 3.31. The molecule has 0 aromatic heterocycles. The minimum Gasteiger partial charge on any atom is -0.314 e. The number of piperazine rings is 1. The maximum absolute atomic E-state index is 6.04. The Morgan fingerprint density at radius 1 is 1.32 bits per heavy atom. The molecule has 0 unspecified atom stereocenters. The Balaban J connectivity index is 0.00000162. The van der Waals surface area contributed by atoms with Gasteiger partial charge in [0.2, 0.25) is 0 Å². The normalized spacial score (nSPS) is 17.2. The van der Waals surface area contributed by atoms with Gasteiger partial charge < -0.3 is 5.32 Å². The van der Waals surface area contributed by atoms with E-state index in [0.717, 1.165) is 42.1 Å². The Morgan fingerprint density at radius 2 is 1.95 bits per heavy atom. The fourth-order valence-electron chi connectivity index (χ4n) is 2.42. The van der Waals surface area contributed by atoms with Gasteiger partial charge in [-0.05, 0) is 40.0 Å². The van der Waals surface area contributed by atoms with E-state index in [0.29, 0.717) is 6.04 Å². The molecular formula is C13H20BrCl3N2. The summed E-state index contributed by atoms with van der Waals surface area (Å²) in [6.45, 7) is 6.67. The summed E-state index contributed by atoms with van der Waals surface area (Å²) in [6.07, 6.45) is 1.13. The van der Waals surface area contributed by atoms with Gasteiger partial charge in [0, 0.05) is 36.7 Å². The summed E-state index contributed by atoms with van der Waals surface area (Å²) < 4.78 is 0.991. The highest BCUT2D eigenvalue weighted by atomic mass is 79.9. The first kappa shape index (κ1) is 19.5. The van der Waals surface area contributed by atoms with Gasteiger partial charge in [-0.1, -0.05) is 24.6 Å². The molecule has 1 aliphatic rings. The van der Waals surface area contributed by atoms with E-state index in [1.165, 1.54) is 5.56 Å². The molecule has 19 heavy (non-hydrogen) atoms. The zero-order valence-electron chi connectivity index (χ0n) is 10.9. The number of hydrogen-bond acceptors (Lipinski definition) is 2. The lowest BCUT2D eigenvalue weighted by Gasteiger charge is -2.34. The molecule has 1 aliphatic heterocycles. The summed E-state index contributed by atoms with van der Waals surface area (Å²) in [5.41, 5.74) is 1.35. The first-order valence-electron chi connectivity index (χ1n) is 6.12. The highest BCUT2D eigenvalue weighted by Crippen LogP contribution is 2.30. The standard InChI is InChI=1S/C13H18BrClN2.2ClH/c1-2-13(17-7-5-16-6-8-17)10-3-4-12(15)11(14)9-10;;/h3-4,9,13,16H,2,5-8H2,1H3;2*1H/t13-;;/m0../s1. The molecule has 110 valence electrons. The second kappa shape index (κ2) is 9.43. The predicted octanol–water partition coefficient (Wildman–Crippen LogP) is 4.30. The van der Waals surface area contributed by atoms with Crippen LogP contribution in [0.2, 0.25) is 5.02 Å². The van der Waals surface area contributed by atoms with E-state index in [9.17, 15) is 0 Å². The molecule has 1 atom stereocenters. The van der Waals surface area contributed by atoms with Crippen LogP contribution >= 0.6 is 52.3 Å². The van der Waals surface area contributed by atoms with Crippen LogP contribution in [-0.4, -0.2) is 31.1 Å². The van der Waals surface area contributed by atoms with Crippen LogP contribution in [0.3, 0.4) is 0 Å². The van der Waals surface area contributed by atoms with Crippen molar-refractivity contribution >= 4 is 52.3 Å². The van der Waals surface area contributed by atoms with Crippen molar-refractivity contribution in [1.29, 1.82) is 0 Å². The minimum absolute atomic E-state index is 0. The lowest BCUT2D eigenvalue weighted by Crippen LogP contribution is -2.45. The fraction of sp³-hybridized carbons (Fsp3) is 0.538. The van der Waals surface area contributed by atoms with E-state index in [2.05, 4.69) is 45.2 Å². The van der Waals surface area contributed by atoms with E-state index < -0.39 is 0 Å². The first-order valence-corrected chi connectivity index (χ1v) is 7.29. The second-order valence-corrected chi connectivity index (χ2v) is 5.65. The molecule has 1 aromatic carbocycles. The number of benzene rings is 1. The summed E-state index contributed by atoms with van der Waals surface area (Å²) in [5.74, 6) is 0. The summed E-state index contributed by atoms with van der Waals surface area (Å²) in [7, 11) is 0.